The summed E-state index contributed by atoms with van der Waals surface area (Å²) < 4.78 is 7.14. The molecule has 4 rings (SSSR count). The highest BCUT2D eigenvalue weighted by molar-refractivity contribution is 14.1. The molecule has 0 unspecified atom stereocenters. The molecule has 0 radical (unpaired) electrons. The number of halogens is 2. The van der Waals surface area contributed by atoms with E-state index < -0.39 is 0 Å². The summed E-state index contributed by atoms with van der Waals surface area (Å²) in [6.07, 6.45) is 1.70. The van der Waals surface area contributed by atoms with Crippen molar-refractivity contribution < 1.29 is 14.3 Å². The average molecular weight is 548 g/mol. The van der Waals surface area contributed by atoms with Gasteiger partial charge in [0.1, 0.15) is 12.4 Å². The summed E-state index contributed by atoms with van der Waals surface area (Å²) in [7, 11) is 0. The third-order valence-corrected chi connectivity index (χ3v) is 6.23. The largest absolute Gasteiger partial charge is 0.488 e. The van der Waals surface area contributed by atoms with Crippen LogP contribution in [0.25, 0.3) is 6.08 Å². The highest BCUT2D eigenvalue weighted by Gasteiger charge is 2.36. The molecule has 3 aromatic rings. The van der Waals surface area contributed by atoms with Gasteiger partial charge in [-0.25, -0.2) is 4.90 Å². The van der Waals surface area contributed by atoms with Crippen LogP contribution in [0.15, 0.2) is 77.7 Å². The number of hydrogen-bond donors (Lipinski definition) is 0. The predicted octanol–water partition coefficient (Wildman–Crippen LogP) is 6.76. The highest BCUT2D eigenvalue weighted by Crippen LogP contribution is 2.37. The molecule has 7 heteroatoms. The number of imide groups is 1. The molecule has 30 heavy (non-hydrogen) atoms. The molecule has 1 aliphatic rings. The topological polar surface area (TPSA) is 46.6 Å². The Hall–Kier alpha value is -2.29. The van der Waals surface area contributed by atoms with E-state index in [9.17, 15) is 9.59 Å². The summed E-state index contributed by atoms with van der Waals surface area (Å²) in [5, 5.41) is 0.200. The van der Waals surface area contributed by atoms with Gasteiger partial charge in [0.15, 0.2) is 0 Å². The van der Waals surface area contributed by atoms with Crippen molar-refractivity contribution in [1.29, 1.82) is 0 Å². The molecule has 150 valence electrons. The first-order valence-corrected chi connectivity index (χ1v) is 11.3. The Morgan fingerprint density at radius 1 is 0.967 bits per heavy atom. The van der Waals surface area contributed by atoms with Crippen molar-refractivity contribution in [3.05, 3.63) is 97.4 Å². The smallest absolute Gasteiger partial charge is 0.298 e. The van der Waals surface area contributed by atoms with Crippen LogP contribution < -0.4 is 9.64 Å². The van der Waals surface area contributed by atoms with Crippen LogP contribution in [-0.2, 0) is 11.4 Å². The predicted molar refractivity (Wildman–Crippen MR) is 130 cm³/mol. The first kappa shape index (κ1) is 21.0. The van der Waals surface area contributed by atoms with Crippen LogP contribution in [0.5, 0.6) is 5.75 Å². The van der Waals surface area contributed by atoms with Gasteiger partial charge in [-0.05, 0) is 88.5 Å². The number of rotatable bonds is 5. The maximum absolute atomic E-state index is 12.9. The zero-order chi connectivity index (χ0) is 21.1. The van der Waals surface area contributed by atoms with Gasteiger partial charge in [-0.3, -0.25) is 9.59 Å². The van der Waals surface area contributed by atoms with E-state index in [0.29, 0.717) is 28.0 Å². The van der Waals surface area contributed by atoms with Crippen molar-refractivity contribution in [1.82, 2.24) is 0 Å². The summed E-state index contributed by atoms with van der Waals surface area (Å²) in [4.78, 5) is 26.8. The van der Waals surface area contributed by atoms with Crippen LogP contribution in [0.3, 0.4) is 0 Å². The van der Waals surface area contributed by atoms with E-state index >= 15 is 0 Å². The second kappa shape index (κ2) is 9.24. The van der Waals surface area contributed by atoms with Crippen LogP contribution in [0.2, 0.25) is 5.02 Å². The van der Waals surface area contributed by atoms with Crippen molar-refractivity contribution in [3.8, 4) is 5.75 Å². The standard InChI is InChI=1S/C23H15ClINO3S/c24-17-7-11-19(12-8-17)26-22(27)21(30-23(26)28)13-16-3-1-2-4-20(16)29-14-15-5-9-18(25)10-6-15/h1-13H,14H2/b21-13+. The van der Waals surface area contributed by atoms with Gasteiger partial charge >= 0.3 is 0 Å². The number of amides is 2. The maximum Gasteiger partial charge on any atom is 0.298 e. The van der Waals surface area contributed by atoms with Crippen LogP contribution in [-0.4, -0.2) is 11.1 Å². The fourth-order valence-corrected chi connectivity index (χ4v) is 4.21. The van der Waals surface area contributed by atoms with E-state index in [0.717, 1.165) is 31.4 Å². The van der Waals surface area contributed by atoms with Crippen molar-refractivity contribution in [2.24, 2.45) is 0 Å². The van der Waals surface area contributed by atoms with E-state index in [4.69, 9.17) is 16.3 Å². The van der Waals surface area contributed by atoms with E-state index in [1.54, 1.807) is 30.3 Å². The number of carbonyl (C=O) groups is 2. The molecule has 0 N–H and O–H groups in total. The van der Waals surface area contributed by atoms with Crippen LogP contribution in [0.4, 0.5) is 10.5 Å². The Kier molecular flexibility index (Phi) is 6.46. The molecule has 1 saturated heterocycles. The minimum absolute atomic E-state index is 0.342. The van der Waals surface area contributed by atoms with E-state index in [1.807, 2.05) is 48.5 Å². The molecule has 2 amide bonds. The van der Waals surface area contributed by atoms with Gasteiger partial charge in [0.2, 0.25) is 0 Å². The Bertz CT molecular complexity index is 1130. The lowest BCUT2D eigenvalue weighted by molar-refractivity contribution is -0.113. The average Bonchev–Trinajstić information content (AvgIpc) is 3.02. The SMILES string of the molecule is O=C1S/C(=C/c2ccccc2OCc2ccc(I)cc2)C(=O)N1c1ccc(Cl)cc1. The van der Waals surface area contributed by atoms with Crippen LogP contribution in [0, 0.1) is 3.57 Å². The van der Waals surface area contributed by atoms with Gasteiger partial charge in [-0.2, -0.15) is 0 Å². The molecule has 1 heterocycles. The van der Waals surface area contributed by atoms with Gasteiger partial charge in [-0.1, -0.05) is 41.9 Å². The lowest BCUT2D eigenvalue weighted by atomic mass is 10.1. The third-order valence-electron chi connectivity index (χ3n) is 4.39. The van der Waals surface area contributed by atoms with E-state index in [2.05, 4.69) is 22.6 Å². The molecule has 0 atom stereocenters. The summed E-state index contributed by atoms with van der Waals surface area (Å²) in [6, 6.07) is 22.1. The Labute approximate surface area is 197 Å². The number of para-hydroxylation sites is 1. The lowest BCUT2D eigenvalue weighted by Crippen LogP contribution is -2.27. The number of anilines is 1. The summed E-state index contributed by atoms with van der Waals surface area (Å²) in [5.74, 6) is 0.286. The molecule has 1 fully saturated rings. The third kappa shape index (κ3) is 4.71. The Morgan fingerprint density at radius 3 is 2.40 bits per heavy atom. The molecular formula is C23H15ClINO3S. The minimum Gasteiger partial charge on any atom is -0.488 e. The molecule has 0 aromatic heterocycles. The first-order valence-electron chi connectivity index (χ1n) is 9.01. The molecule has 4 nitrogen and oxygen atoms in total. The quantitative estimate of drug-likeness (QED) is 0.261. The number of hydrogen-bond acceptors (Lipinski definition) is 4. The van der Waals surface area contributed by atoms with Crippen molar-refractivity contribution >= 4 is 68.9 Å². The van der Waals surface area contributed by atoms with Gasteiger partial charge in [-0.15, -0.1) is 0 Å². The normalized spacial score (nSPS) is 15.1. The second-order valence-corrected chi connectivity index (χ2v) is 9.12. The van der Waals surface area contributed by atoms with Gasteiger partial charge < -0.3 is 4.74 Å². The Balaban J connectivity index is 1.56. The molecular weight excluding hydrogens is 533 g/mol. The summed E-state index contributed by atoms with van der Waals surface area (Å²) in [6.45, 7) is 0.411. The number of nitrogens with zero attached hydrogens (tertiary/aromatic N) is 1. The molecule has 0 aliphatic carbocycles. The summed E-state index contributed by atoms with van der Waals surface area (Å²) >= 11 is 9.08. The number of carbonyl (C=O) groups excluding carboxylic acids is 2. The zero-order valence-electron chi connectivity index (χ0n) is 15.5. The maximum atomic E-state index is 12.9. The van der Waals surface area contributed by atoms with Gasteiger partial charge in [0.25, 0.3) is 11.1 Å². The molecule has 0 bridgehead atoms. The fourth-order valence-electron chi connectivity index (χ4n) is 2.89. The van der Waals surface area contributed by atoms with E-state index in [-0.39, 0.29) is 11.1 Å². The van der Waals surface area contributed by atoms with Crippen molar-refractivity contribution in [3.63, 3.8) is 0 Å². The molecule has 3 aromatic carbocycles. The minimum atomic E-state index is -0.361. The number of thioether (sulfide) groups is 1. The number of benzene rings is 3. The Morgan fingerprint density at radius 2 is 1.67 bits per heavy atom. The molecule has 0 saturated carbocycles. The first-order chi connectivity index (χ1) is 14.5. The van der Waals surface area contributed by atoms with Gasteiger partial charge in [0.05, 0.1) is 10.6 Å². The summed E-state index contributed by atoms with van der Waals surface area (Å²) in [5.41, 5.74) is 2.28. The van der Waals surface area contributed by atoms with Crippen molar-refractivity contribution in [2.45, 2.75) is 6.61 Å². The van der Waals surface area contributed by atoms with Crippen LogP contribution >= 0.6 is 46.0 Å². The fraction of sp³-hybridized carbons (Fsp3) is 0.0435. The van der Waals surface area contributed by atoms with Crippen molar-refractivity contribution in [2.75, 3.05) is 4.90 Å². The highest BCUT2D eigenvalue weighted by atomic mass is 127. The van der Waals surface area contributed by atoms with E-state index in [1.165, 1.54) is 0 Å². The zero-order valence-corrected chi connectivity index (χ0v) is 19.3. The number of ether oxygens (including phenoxy) is 1. The molecule has 0 spiro atoms. The monoisotopic (exact) mass is 547 g/mol. The van der Waals surface area contributed by atoms with Gasteiger partial charge in [0, 0.05) is 14.2 Å². The lowest BCUT2D eigenvalue weighted by Gasteiger charge is -2.12. The molecule has 1 aliphatic heterocycles. The second-order valence-electron chi connectivity index (χ2n) is 6.45. The van der Waals surface area contributed by atoms with Crippen LogP contribution in [0.1, 0.15) is 11.1 Å².